The molecular formula is C25H27F2N2O2+. The number of benzene rings is 3. The molecule has 1 atom stereocenters. The lowest BCUT2D eigenvalue weighted by Gasteiger charge is -2.18. The largest absolute Gasteiger partial charge is 0.435 e. The van der Waals surface area contributed by atoms with Crippen molar-refractivity contribution in [2.45, 2.75) is 32.4 Å². The van der Waals surface area contributed by atoms with E-state index in [4.69, 9.17) is 0 Å². The predicted molar refractivity (Wildman–Crippen MR) is 117 cm³/mol. The molecule has 3 N–H and O–H groups in total. The second-order valence-electron chi connectivity index (χ2n) is 7.57. The van der Waals surface area contributed by atoms with E-state index in [1.54, 1.807) is 12.1 Å². The summed E-state index contributed by atoms with van der Waals surface area (Å²) in [6, 6.07) is 23.9. The van der Waals surface area contributed by atoms with Crippen LogP contribution in [0.15, 0.2) is 78.9 Å². The van der Waals surface area contributed by atoms with Gasteiger partial charge in [0.2, 0.25) is 0 Å². The van der Waals surface area contributed by atoms with Crippen molar-refractivity contribution in [1.29, 1.82) is 0 Å². The van der Waals surface area contributed by atoms with Crippen molar-refractivity contribution in [3.8, 4) is 5.75 Å². The summed E-state index contributed by atoms with van der Waals surface area (Å²) in [6.07, 6.45) is 0. The van der Waals surface area contributed by atoms with Crippen LogP contribution in [-0.2, 0) is 4.79 Å². The van der Waals surface area contributed by atoms with E-state index in [9.17, 15) is 13.6 Å². The molecule has 0 bridgehead atoms. The summed E-state index contributed by atoms with van der Waals surface area (Å²) in [5.41, 5.74) is 3.81. The van der Waals surface area contributed by atoms with Gasteiger partial charge in [0.1, 0.15) is 11.8 Å². The van der Waals surface area contributed by atoms with Crippen molar-refractivity contribution in [3.63, 3.8) is 0 Å². The van der Waals surface area contributed by atoms with Gasteiger partial charge < -0.3 is 15.4 Å². The molecule has 0 saturated heterocycles. The fourth-order valence-corrected chi connectivity index (χ4v) is 3.52. The Morgan fingerprint density at radius 2 is 1.52 bits per heavy atom. The molecule has 31 heavy (non-hydrogen) atoms. The Balaban J connectivity index is 1.73. The van der Waals surface area contributed by atoms with Gasteiger partial charge in [-0.05, 0) is 41.8 Å². The van der Waals surface area contributed by atoms with Crippen molar-refractivity contribution in [2.24, 2.45) is 0 Å². The molecule has 0 aliphatic carbocycles. The third kappa shape index (κ3) is 6.36. The number of quaternary nitrogens is 1. The highest BCUT2D eigenvalue weighted by molar-refractivity contribution is 5.92. The average Bonchev–Trinajstić information content (AvgIpc) is 2.75. The van der Waals surface area contributed by atoms with Gasteiger partial charge in [-0.25, -0.2) is 0 Å². The number of rotatable bonds is 9. The molecule has 0 fully saturated rings. The zero-order chi connectivity index (χ0) is 22.2. The number of para-hydroxylation sites is 1. The average molecular weight is 425 g/mol. The molecule has 0 aliphatic rings. The summed E-state index contributed by atoms with van der Waals surface area (Å²) in [4.78, 5) is 12.7. The summed E-state index contributed by atoms with van der Waals surface area (Å²) < 4.78 is 29.3. The fraction of sp³-hybridized carbons (Fsp3) is 0.240. The fourth-order valence-electron chi connectivity index (χ4n) is 3.52. The van der Waals surface area contributed by atoms with E-state index < -0.39 is 6.61 Å². The van der Waals surface area contributed by atoms with E-state index in [0.29, 0.717) is 5.92 Å². The number of carbonyl (C=O) groups is 1. The number of anilines is 1. The van der Waals surface area contributed by atoms with Gasteiger partial charge in [-0.15, -0.1) is 0 Å². The molecule has 162 valence electrons. The molecule has 3 aromatic carbocycles. The molecule has 1 amide bonds. The third-order valence-electron chi connectivity index (χ3n) is 5.02. The van der Waals surface area contributed by atoms with Gasteiger partial charge in [-0.3, -0.25) is 4.79 Å². The molecule has 3 aromatic rings. The number of ether oxygens (including phenoxy) is 1. The zero-order valence-electron chi connectivity index (χ0n) is 17.6. The Bertz CT molecular complexity index is 976. The first kappa shape index (κ1) is 22.4. The number of nitrogens with two attached hydrogens (primary N) is 1. The Kier molecular flexibility index (Phi) is 7.73. The van der Waals surface area contributed by atoms with E-state index >= 15 is 0 Å². The topological polar surface area (TPSA) is 54.9 Å². The molecule has 4 nitrogen and oxygen atoms in total. The van der Waals surface area contributed by atoms with Gasteiger partial charge in [-0.1, -0.05) is 62.4 Å². The lowest BCUT2D eigenvalue weighted by atomic mass is 9.98. The van der Waals surface area contributed by atoms with E-state index in [0.717, 1.165) is 22.4 Å². The van der Waals surface area contributed by atoms with Gasteiger partial charge in [0.05, 0.1) is 0 Å². The molecular weight excluding hydrogens is 398 g/mol. The normalized spacial score (nSPS) is 12.1. The number of alkyl halides is 2. The SMILES string of the molecule is CC(C)c1ccccc1NC(=O)C[NH2+][C@H](c1ccccc1)c1ccc(OC(F)F)cc1. The Hall–Kier alpha value is -3.25. The van der Waals surface area contributed by atoms with Gasteiger partial charge in [0, 0.05) is 16.8 Å². The standard InChI is InChI=1S/C25H26F2N2O2/c1-17(2)21-10-6-7-11-22(21)29-23(30)16-28-24(18-8-4-3-5-9-18)19-12-14-20(15-13-19)31-25(26)27/h3-15,17,24-25,28H,16H2,1-2H3,(H,29,30)/p+1/t24-/m1/s1. The maximum absolute atomic E-state index is 12.7. The highest BCUT2D eigenvalue weighted by Crippen LogP contribution is 2.24. The minimum Gasteiger partial charge on any atom is -0.435 e. The van der Waals surface area contributed by atoms with Crippen LogP contribution in [0.4, 0.5) is 14.5 Å². The summed E-state index contributed by atoms with van der Waals surface area (Å²) in [5.74, 6) is 0.298. The van der Waals surface area contributed by atoms with Crippen molar-refractivity contribution in [1.82, 2.24) is 0 Å². The van der Waals surface area contributed by atoms with E-state index in [1.165, 1.54) is 12.1 Å². The number of carbonyl (C=O) groups excluding carboxylic acids is 1. The monoisotopic (exact) mass is 425 g/mol. The van der Waals surface area contributed by atoms with Crippen LogP contribution in [0, 0.1) is 0 Å². The van der Waals surface area contributed by atoms with Gasteiger partial charge in [-0.2, -0.15) is 8.78 Å². The zero-order valence-corrected chi connectivity index (χ0v) is 17.6. The molecule has 0 spiro atoms. The number of amides is 1. The molecule has 0 aliphatic heterocycles. The van der Waals surface area contributed by atoms with E-state index in [-0.39, 0.29) is 24.2 Å². The van der Waals surface area contributed by atoms with Crippen LogP contribution in [0.1, 0.15) is 42.5 Å². The quantitative estimate of drug-likeness (QED) is 0.522. The van der Waals surface area contributed by atoms with Crippen molar-refractivity contribution in [3.05, 3.63) is 95.6 Å². The number of nitrogens with one attached hydrogen (secondary N) is 1. The van der Waals surface area contributed by atoms with Crippen LogP contribution in [0.3, 0.4) is 0 Å². The summed E-state index contributed by atoms with van der Waals surface area (Å²) in [7, 11) is 0. The van der Waals surface area contributed by atoms with Gasteiger partial charge >= 0.3 is 6.61 Å². The number of hydrogen-bond donors (Lipinski definition) is 2. The molecule has 0 saturated carbocycles. The molecule has 0 aromatic heterocycles. The molecule has 0 radical (unpaired) electrons. The number of halogens is 2. The van der Waals surface area contributed by atoms with Crippen molar-refractivity contribution >= 4 is 11.6 Å². The lowest BCUT2D eigenvalue weighted by Crippen LogP contribution is -2.87. The maximum Gasteiger partial charge on any atom is 0.387 e. The second kappa shape index (κ2) is 10.7. The molecule has 6 heteroatoms. The molecule has 0 heterocycles. The first-order valence-corrected chi connectivity index (χ1v) is 10.3. The van der Waals surface area contributed by atoms with Crippen LogP contribution in [0.25, 0.3) is 0 Å². The minimum atomic E-state index is -2.86. The summed E-state index contributed by atoms with van der Waals surface area (Å²) in [5, 5.41) is 4.94. The highest BCUT2D eigenvalue weighted by atomic mass is 19.3. The lowest BCUT2D eigenvalue weighted by molar-refractivity contribution is -0.676. The number of hydrogen-bond acceptors (Lipinski definition) is 2. The van der Waals surface area contributed by atoms with Crippen LogP contribution in [-0.4, -0.2) is 19.1 Å². The third-order valence-corrected chi connectivity index (χ3v) is 5.02. The maximum atomic E-state index is 12.7. The van der Waals surface area contributed by atoms with Crippen LogP contribution in [0.2, 0.25) is 0 Å². The van der Waals surface area contributed by atoms with Crippen LogP contribution in [0.5, 0.6) is 5.75 Å². The minimum absolute atomic E-state index is 0.105. The van der Waals surface area contributed by atoms with E-state index in [1.807, 2.05) is 59.9 Å². The van der Waals surface area contributed by atoms with Crippen LogP contribution >= 0.6 is 0 Å². The predicted octanol–water partition coefficient (Wildman–Crippen LogP) is 4.70. The van der Waals surface area contributed by atoms with Crippen molar-refractivity contribution in [2.75, 3.05) is 11.9 Å². The smallest absolute Gasteiger partial charge is 0.387 e. The molecule has 0 unspecified atom stereocenters. The Morgan fingerprint density at radius 1 is 0.903 bits per heavy atom. The first-order valence-electron chi connectivity index (χ1n) is 10.3. The molecule has 3 rings (SSSR count). The Morgan fingerprint density at radius 3 is 2.16 bits per heavy atom. The highest BCUT2D eigenvalue weighted by Gasteiger charge is 2.20. The van der Waals surface area contributed by atoms with Gasteiger partial charge in [0.25, 0.3) is 5.91 Å². The van der Waals surface area contributed by atoms with Gasteiger partial charge in [0.15, 0.2) is 6.54 Å². The first-order chi connectivity index (χ1) is 14.9. The van der Waals surface area contributed by atoms with Crippen molar-refractivity contribution < 1.29 is 23.6 Å². The summed E-state index contributed by atoms with van der Waals surface area (Å²) >= 11 is 0. The van der Waals surface area contributed by atoms with E-state index in [2.05, 4.69) is 23.9 Å². The van der Waals surface area contributed by atoms with Crippen LogP contribution < -0.4 is 15.4 Å². The second-order valence-corrected chi connectivity index (χ2v) is 7.57. The Labute approximate surface area is 181 Å². The summed E-state index contributed by atoms with van der Waals surface area (Å²) in [6.45, 7) is 1.52.